The minimum absolute atomic E-state index is 0.296. The Hall–Kier alpha value is -3.18. The van der Waals surface area contributed by atoms with Crippen LogP contribution in [0, 0.1) is 13.8 Å². The summed E-state index contributed by atoms with van der Waals surface area (Å²) in [6, 6.07) is 16.1. The van der Waals surface area contributed by atoms with Crippen LogP contribution in [0.2, 0.25) is 0 Å². The van der Waals surface area contributed by atoms with E-state index in [0.29, 0.717) is 16.5 Å². The van der Waals surface area contributed by atoms with Crippen LogP contribution in [-0.4, -0.2) is 19.0 Å². The van der Waals surface area contributed by atoms with Crippen LogP contribution in [0.3, 0.4) is 0 Å². The summed E-state index contributed by atoms with van der Waals surface area (Å²) in [5, 5.41) is 3.35. The van der Waals surface area contributed by atoms with Crippen molar-refractivity contribution in [2.24, 2.45) is 0 Å². The molecule has 31 heavy (non-hydrogen) atoms. The molecule has 0 spiro atoms. The van der Waals surface area contributed by atoms with Gasteiger partial charge in [0.1, 0.15) is 10.6 Å². The summed E-state index contributed by atoms with van der Waals surface area (Å²) in [6.07, 6.45) is 3.24. The molecule has 3 rings (SSSR count). The van der Waals surface area contributed by atoms with Crippen molar-refractivity contribution in [2.45, 2.75) is 33.6 Å². The lowest BCUT2D eigenvalue weighted by Gasteiger charge is -2.08. The summed E-state index contributed by atoms with van der Waals surface area (Å²) in [6.45, 7) is 8.24. The van der Waals surface area contributed by atoms with Gasteiger partial charge in [0.25, 0.3) is 0 Å². The molecule has 0 fully saturated rings. The van der Waals surface area contributed by atoms with Crippen LogP contribution in [0.25, 0.3) is 17.2 Å². The molecule has 1 amide bonds. The maximum Gasteiger partial charge on any atom is 0.341 e. The number of ether oxygens (including phenoxy) is 1. The molecule has 0 unspecified atom stereocenters. The highest BCUT2D eigenvalue weighted by Crippen LogP contribution is 2.40. The Bertz CT molecular complexity index is 1110. The van der Waals surface area contributed by atoms with Crippen LogP contribution in [0.4, 0.5) is 5.00 Å². The van der Waals surface area contributed by atoms with Gasteiger partial charge < -0.3 is 10.1 Å². The highest BCUT2D eigenvalue weighted by atomic mass is 32.1. The molecule has 0 aliphatic heterocycles. The number of aryl methyl sites for hydroxylation is 2. The quantitative estimate of drug-likeness (QED) is 0.352. The van der Waals surface area contributed by atoms with Crippen molar-refractivity contribution in [3.05, 3.63) is 81.7 Å². The third-order valence-corrected chi connectivity index (χ3v) is 6.10. The van der Waals surface area contributed by atoms with E-state index in [1.54, 1.807) is 6.08 Å². The number of hydrogen-bond donors (Lipinski definition) is 1. The standard InChI is InChI=1S/C26H27NO3S/c1-16(2)20-13-8-19(9-14-20)10-15-22(28)27-25-24(26(29)30-5)23(18(4)31-25)21-11-6-17(3)7-12-21/h6-16H,1-5H3,(H,27,28)/b15-10+. The van der Waals surface area contributed by atoms with Crippen molar-refractivity contribution in [1.29, 1.82) is 0 Å². The van der Waals surface area contributed by atoms with Crippen LogP contribution in [0.5, 0.6) is 0 Å². The molecule has 2 aromatic carbocycles. The van der Waals surface area contributed by atoms with E-state index in [1.807, 2.05) is 50.2 Å². The number of esters is 1. The molecule has 5 heteroatoms. The number of carbonyl (C=O) groups excluding carboxylic acids is 2. The number of rotatable bonds is 6. The third-order valence-electron chi connectivity index (χ3n) is 5.08. The van der Waals surface area contributed by atoms with E-state index in [0.717, 1.165) is 27.1 Å². The van der Waals surface area contributed by atoms with Crippen LogP contribution >= 0.6 is 11.3 Å². The highest BCUT2D eigenvalue weighted by molar-refractivity contribution is 7.17. The van der Waals surface area contributed by atoms with Gasteiger partial charge in [-0.05, 0) is 42.5 Å². The van der Waals surface area contributed by atoms with E-state index in [9.17, 15) is 9.59 Å². The van der Waals surface area contributed by atoms with E-state index in [2.05, 4.69) is 31.3 Å². The van der Waals surface area contributed by atoms with E-state index >= 15 is 0 Å². The minimum Gasteiger partial charge on any atom is -0.465 e. The molecule has 0 aliphatic rings. The van der Waals surface area contributed by atoms with Gasteiger partial charge in [0, 0.05) is 16.5 Å². The molecule has 0 saturated heterocycles. The normalized spacial score (nSPS) is 11.2. The number of nitrogens with one attached hydrogen (secondary N) is 1. The van der Waals surface area contributed by atoms with Gasteiger partial charge in [0.15, 0.2) is 0 Å². The molecule has 1 heterocycles. The van der Waals surface area contributed by atoms with Crippen LogP contribution < -0.4 is 5.32 Å². The topological polar surface area (TPSA) is 55.4 Å². The molecule has 3 aromatic rings. The van der Waals surface area contributed by atoms with Gasteiger partial charge >= 0.3 is 5.97 Å². The number of amides is 1. The predicted octanol–water partition coefficient (Wildman–Crippen LogP) is 6.59. The Morgan fingerprint density at radius 2 is 1.65 bits per heavy atom. The largest absolute Gasteiger partial charge is 0.465 e. The second-order valence-corrected chi connectivity index (χ2v) is 8.96. The fourth-order valence-corrected chi connectivity index (χ4v) is 4.38. The van der Waals surface area contributed by atoms with Gasteiger partial charge in [-0.1, -0.05) is 67.9 Å². The lowest BCUT2D eigenvalue weighted by atomic mass is 10.0. The van der Waals surface area contributed by atoms with Gasteiger partial charge in [-0.15, -0.1) is 11.3 Å². The molecule has 4 nitrogen and oxygen atoms in total. The van der Waals surface area contributed by atoms with Crippen LogP contribution in [-0.2, 0) is 9.53 Å². The Morgan fingerprint density at radius 1 is 1.00 bits per heavy atom. The van der Waals surface area contributed by atoms with E-state index in [-0.39, 0.29) is 5.91 Å². The van der Waals surface area contributed by atoms with Gasteiger partial charge in [-0.3, -0.25) is 4.79 Å². The molecule has 0 radical (unpaired) electrons. The minimum atomic E-state index is -0.469. The first-order valence-corrected chi connectivity index (χ1v) is 11.0. The van der Waals surface area contributed by atoms with Crippen molar-refractivity contribution < 1.29 is 14.3 Å². The summed E-state index contributed by atoms with van der Waals surface area (Å²) < 4.78 is 5.02. The van der Waals surface area contributed by atoms with Crippen molar-refractivity contribution in [3.63, 3.8) is 0 Å². The van der Waals surface area contributed by atoms with E-state index in [4.69, 9.17) is 4.74 Å². The summed E-state index contributed by atoms with van der Waals surface area (Å²) in [7, 11) is 1.35. The predicted molar refractivity (Wildman–Crippen MR) is 129 cm³/mol. The molecule has 1 N–H and O–H groups in total. The summed E-state index contributed by atoms with van der Waals surface area (Å²) in [5.74, 6) is -0.305. The number of carbonyl (C=O) groups is 2. The van der Waals surface area contributed by atoms with Crippen LogP contribution in [0.1, 0.15) is 51.7 Å². The lowest BCUT2D eigenvalue weighted by molar-refractivity contribution is -0.111. The van der Waals surface area contributed by atoms with Gasteiger partial charge in [-0.2, -0.15) is 0 Å². The summed E-state index contributed by atoms with van der Waals surface area (Å²) >= 11 is 1.37. The first-order valence-electron chi connectivity index (χ1n) is 10.2. The van der Waals surface area contributed by atoms with Crippen molar-refractivity contribution >= 4 is 34.3 Å². The molecular formula is C26H27NO3S. The average Bonchev–Trinajstić information content (AvgIpc) is 3.08. The highest BCUT2D eigenvalue weighted by Gasteiger charge is 2.24. The van der Waals surface area contributed by atoms with E-state index in [1.165, 1.54) is 30.1 Å². The third kappa shape index (κ3) is 5.30. The SMILES string of the molecule is COC(=O)c1c(NC(=O)/C=C/c2ccc(C(C)C)cc2)sc(C)c1-c1ccc(C)cc1. The Kier molecular flexibility index (Phi) is 7.08. The van der Waals surface area contributed by atoms with Gasteiger partial charge in [0.2, 0.25) is 5.91 Å². The molecule has 0 saturated carbocycles. The van der Waals surface area contributed by atoms with E-state index < -0.39 is 5.97 Å². The Balaban J connectivity index is 1.86. The lowest BCUT2D eigenvalue weighted by Crippen LogP contribution is -2.11. The second kappa shape index (κ2) is 9.75. The maximum atomic E-state index is 12.6. The average molecular weight is 434 g/mol. The first kappa shape index (κ1) is 22.5. The second-order valence-electron chi connectivity index (χ2n) is 7.74. The maximum absolute atomic E-state index is 12.6. The monoisotopic (exact) mass is 433 g/mol. The Morgan fingerprint density at radius 3 is 2.23 bits per heavy atom. The molecule has 1 aromatic heterocycles. The van der Waals surface area contributed by atoms with Gasteiger partial charge in [0.05, 0.1) is 7.11 Å². The number of anilines is 1. The van der Waals surface area contributed by atoms with Crippen LogP contribution in [0.15, 0.2) is 54.6 Å². The number of thiophene rings is 1. The fourth-order valence-electron chi connectivity index (χ4n) is 3.31. The molecule has 0 bridgehead atoms. The first-order chi connectivity index (χ1) is 14.8. The zero-order valence-corrected chi connectivity index (χ0v) is 19.3. The zero-order chi connectivity index (χ0) is 22.5. The smallest absolute Gasteiger partial charge is 0.341 e. The number of benzene rings is 2. The zero-order valence-electron chi connectivity index (χ0n) is 18.5. The summed E-state index contributed by atoms with van der Waals surface area (Å²) in [5.41, 5.74) is 5.42. The fraction of sp³-hybridized carbons (Fsp3) is 0.231. The summed E-state index contributed by atoms with van der Waals surface area (Å²) in [4.78, 5) is 26.1. The van der Waals surface area contributed by atoms with Gasteiger partial charge in [-0.25, -0.2) is 4.79 Å². The van der Waals surface area contributed by atoms with Crippen molar-refractivity contribution in [2.75, 3.05) is 12.4 Å². The van der Waals surface area contributed by atoms with Crippen molar-refractivity contribution in [1.82, 2.24) is 0 Å². The number of methoxy groups -OCH3 is 1. The molecule has 160 valence electrons. The molecule has 0 aliphatic carbocycles. The van der Waals surface area contributed by atoms with Crippen molar-refractivity contribution in [3.8, 4) is 11.1 Å². The Labute approximate surface area is 187 Å². The molecule has 0 atom stereocenters. The number of hydrogen-bond acceptors (Lipinski definition) is 4. The molecular weight excluding hydrogens is 406 g/mol.